The van der Waals surface area contributed by atoms with Gasteiger partial charge in [0.2, 0.25) is 11.8 Å². The van der Waals surface area contributed by atoms with Crippen molar-refractivity contribution in [3.63, 3.8) is 0 Å². The molecule has 264 valence electrons. The molecule has 0 saturated carbocycles. The highest BCUT2D eigenvalue weighted by molar-refractivity contribution is 5.88. The molecule has 0 spiro atoms. The van der Waals surface area contributed by atoms with Crippen LogP contribution in [0.2, 0.25) is 0 Å². The Balaban J connectivity index is 0.911. The second-order valence-corrected chi connectivity index (χ2v) is 13.8. The largest absolute Gasteiger partial charge is 0.453 e. The topological polar surface area (TPSA) is 191 Å². The fourth-order valence-corrected chi connectivity index (χ4v) is 8.20. The number of hydrogen-bond donors (Lipinski definition) is 4. The number of imidazole rings is 2. The molecule has 3 saturated heterocycles. The van der Waals surface area contributed by atoms with Gasteiger partial charge in [0.15, 0.2) is 5.82 Å². The molecule has 4 atom stereocenters. The monoisotopic (exact) mass is 699 g/mol. The van der Waals surface area contributed by atoms with Gasteiger partial charge in [-0.25, -0.2) is 14.8 Å². The quantitative estimate of drug-likeness (QED) is 0.182. The van der Waals surface area contributed by atoms with E-state index in [0.717, 1.165) is 88.1 Å². The van der Waals surface area contributed by atoms with Crippen molar-refractivity contribution in [1.82, 2.24) is 55.7 Å². The first-order chi connectivity index (χ1) is 25.4. The molecule has 3 aliphatic heterocycles. The van der Waals surface area contributed by atoms with E-state index in [0.29, 0.717) is 18.8 Å². The van der Waals surface area contributed by atoms with E-state index in [1.54, 1.807) is 0 Å². The summed E-state index contributed by atoms with van der Waals surface area (Å²) >= 11 is 0. The van der Waals surface area contributed by atoms with Crippen LogP contribution in [0.5, 0.6) is 0 Å². The number of nitrogens with one attached hydrogen (secondary N) is 4. The van der Waals surface area contributed by atoms with Gasteiger partial charge in [0.25, 0.3) is 0 Å². The first kappa shape index (κ1) is 31.8. The number of hydrogen-bond acceptors (Lipinski definition) is 9. The predicted octanol–water partition coefficient (Wildman–Crippen LogP) is 4.74. The first-order valence-corrected chi connectivity index (χ1v) is 17.7. The second-order valence-electron chi connectivity index (χ2n) is 13.8. The number of ether oxygens (including phenoxy) is 1. The standard InChI is InChI=1S/C37H37N11O4/c1-52-37(51)42-27-14-10-24-11-15-31(48(24)36(27)50)35-39-26-13-9-23(18-29(26)41-35)21-6-4-20(5-7-21)22-8-12-25-28(17-22)40-34(38-25)30-3-2-16-47(30)33(49)19-32-43-45-46-44-32/h4-9,12-13,17-18,24,27,30-31H,2-3,10-11,14-16,19H2,1H3,(H,38,40)(H,39,41)(H,42,51)(H,43,44,45,46)/t24-,27-,30-,31-/m0/s1. The maximum Gasteiger partial charge on any atom is 0.407 e. The minimum absolute atomic E-state index is 0.0392. The Hall–Kier alpha value is -6.12. The number of benzene rings is 3. The van der Waals surface area contributed by atoms with Crippen molar-refractivity contribution in [2.24, 2.45) is 0 Å². The number of aromatic amines is 3. The number of H-pyrrole nitrogens is 3. The van der Waals surface area contributed by atoms with Crippen LogP contribution in [0.15, 0.2) is 60.7 Å². The lowest BCUT2D eigenvalue weighted by Gasteiger charge is -2.37. The minimum Gasteiger partial charge on any atom is -0.453 e. The number of aromatic nitrogens is 8. The van der Waals surface area contributed by atoms with Crippen LogP contribution in [-0.2, 0) is 20.7 Å². The summed E-state index contributed by atoms with van der Waals surface area (Å²) in [6, 6.07) is 20.1. The van der Waals surface area contributed by atoms with Gasteiger partial charge in [0.05, 0.1) is 47.7 Å². The van der Waals surface area contributed by atoms with Crippen LogP contribution in [0.3, 0.4) is 0 Å². The molecule has 0 bridgehead atoms. The number of fused-ring (bicyclic) bond motifs is 3. The first-order valence-electron chi connectivity index (χ1n) is 17.7. The Labute approximate surface area is 297 Å². The number of carbonyl (C=O) groups excluding carboxylic acids is 3. The minimum atomic E-state index is -0.592. The third-order valence-corrected chi connectivity index (χ3v) is 10.8. The van der Waals surface area contributed by atoms with Crippen molar-refractivity contribution in [3.05, 3.63) is 78.1 Å². The van der Waals surface area contributed by atoms with E-state index in [1.165, 1.54) is 7.11 Å². The lowest BCUT2D eigenvalue weighted by molar-refractivity contribution is -0.139. The summed E-state index contributed by atoms with van der Waals surface area (Å²) in [4.78, 5) is 58.8. The zero-order chi connectivity index (χ0) is 35.3. The highest BCUT2D eigenvalue weighted by Crippen LogP contribution is 2.41. The molecular weight excluding hydrogens is 662 g/mol. The number of piperidine rings is 1. The van der Waals surface area contributed by atoms with Gasteiger partial charge in [0, 0.05) is 12.6 Å². The number of likely N-dealkylation sites (tertiary alicyclic amines) is 1. The van der Waals surface area contributed by atoms with Gasteiger partial charge in [-0.1, -0.05) is 41.6 Å². The summed E-state index contributed by atoms with van der Waals surface area (Å²) in [6.45, 7) is 0.670. The van der Waals surface area contributed by atoms with E-state index in [4.69, 9.17) is 14.7 Å². The van der Waals surface area contributed by atoms with Crippen LogP contribution in [-0.4, -0.2) is 94.0 Å². The van der Waals surface area contributed by atoms with Crippen molar-refractivity contribution < 1.29 is 19.1 Å². The smallest absolute Gasteiger partial charge is 0.407 e. The zero-order valence-corrected chi connectivity index (χ0v) is 28.5. The number of carbonyl (C=O) groups is 3. The van der Waals surface area contributed by atoms with Crippen molar-refractivity contribution in [2.75, 3.05) is 13.7 Å². The molecule has 3 aliphatic rings. The van der Waals surface area contributed by atoms with Crippen LogP contribution < -0.4 is 5.32 Å². The molecule has 3 aromatic heterocycles. The van der Waals surface area contributed by atoms with E-state index < -0.39 is 12.1 Å². The van der Waals surface area contributed by atoms with Crippen LogP contribution in [0, 0.1) is 0 Å². The molecule has 15 heteroatoms. The molecule has 0 radical (unpaired) electrons. The van der Waals surface area contributed by atoms with Gasteiger partial charge in [-0.15, -0.1) is 10.2 Å². The number of nitrogens with zero attached hydrogens (tertiary/aromatic N) is 7. The molecule has 3 aromatic carbocycles. The van der Waals surface area contributed by atoms with E-state index in [-0.39, 0.29) is 36.4 Å². The molecule has 0 aliphatic carbocycles. The molecule has 4 N–H and O–H groups in total. The summed E-state index contributed by atoms with van der Waals surface area (Å²) in [6.07, 6.45) is 4.43. The van der Waals surface area contributed by atoms with Crippen LogP contribution in [0.1, 0.15) is 68.1 Å². The predicted molar refractivity (Wildman–Crippen MR) is 189 cm³/mol. The third-order valence-electron chi connectivity index (χ3n) is 10.8. The van der Waals surface area contributed by atoms with E-state index in [9.17, 15) is 14.4 Å². The molecule has 3 amide bonds. The average molecular weight is 700 g/mol. The summed E-state index contributed by atoms with van der Waals surface area (Å²) in [5, 5.41) is 16.5. The fourth-order valence-electron chi connectivity index (χ4n) is 8.20. The van der Waals surface area contributed by atoms with E-state index in [2.05, 4.69) is 84.4 Å². The molecule has 9 rings (SSSR count). The van der Waals surface area contributed by atoms with Crippen molar-refractivity contribution >= 4 is 40.0 Å². The SMILES string of the molecule is COC(=O)N[C@H]1CC[C@H]2CC[C@@H](c3nc4ccc(-c5ccc(-c6ccc7nc([C@@H]8CCCN8C(=O)Cc8nn[nH]n8)[nH]c7c6)cc5)cc4[nH]3)N2C1=O. The average Bonchev–Trinajstić information content (AvgIpc) is 4.01. The number of alkyl carbamates (subject to hydrolysis) is 1. The zero-order valence-electron chi connectivity index (χ0n) is 28.5. The van der Waals surface area contributed by atoms with Crippen LogP contribution >= 0.6 is 0 Å². The fraction of sp³-hybridized carbons (Fsp3) is 0.351. The maximum atomic E-state index is 13.4. The molecule has 52 heavy (non-hydrogen) atoms. The number of methoxy groups -OCH3 is 1. The Morgan fingerprint density at radius 3 is 2.10 bits per heavy atom. The molecule has 3 fully saturated rings. The normalized spacial score (nSPS) is 21.6. The van der Waals surface area contributed by atoms with Gasteiger partial charge < -0.3 is 29.8 Å². The summed E-state index contributed by atoms with van der Waals surface area (Å²) in [5.74, 6) is 1.82. The number of amides is 3. The molecule has 0 unspecified atom stereocenters. The van der Waals surface area contributed by atoms with Crippen LogP contribution in [0.25, 0.3) is 44.3 Å². The Kier molecular flexibility index (Phi) is 7.89. The van der Waals surface area contributed by atoms with Crippen molar-refractivity contribution in [2.45, 2.75) is 69.1 Å². The van der Waals surface area contributed by atoms with E-state index >= 15 is 0 Å². The highest BCUT2D eigenvalue weighted by Gasteiger charge is 2.45. The lowest BCUT2D eigenvalue weighted by Crippen LogP contribution is -2.54. The van der Waals surface area contributed by atoms with E-state index in [1.807, 2.05) is 21.9 Å². The van der Waals surface area contributed by atoms with Gasteiger partial charge in [-0.05, 0) is 85.0 Å². The summed E-state index contributed by atoms with van der Waals surface area (Å²) in [5.41, 5.74) is 7.79. The van der Waals surface area contributed by atoms with Gasteiger partial charge in [-0.2, -0.15) is 5.21 Å². The second kappa shape index (κ2) is 12.9. The van der Waals surface area contributed by atoms with Gasteiger partial charge >= 0.3 is 6.09 Å². The molecule has 6 heterocycles. The van der Waals surface area contributed by atoms with Crippen LogP contribution in [0.4, 0.5) is 4.79 Å². The van der Waals surface area contributed by atoms with Crippen molar-refractivity contribution in [1.29, 1.82) is 0 Å². The number of rotatable bonds is 7. The number of tetrazole rings is 1. The van der Waals surface area contributed by atoms with Gasteiger partial charge in [0.1, 0.15) is 17.7 Å². The Bertz CT molecular complexity index is 2300. The van der Waals surface area contributed by atoms with Gasteiger partial charge in [-0.3, -0.25) is 9.59 Å². The molecule has 6 aromatic rings. The maximum absolute atomic E-state index is 13.4. The molecule has 15 nitrogen and oxygen atoms in total. The molecular formula is C37H37N11O4. The summed E-state index contributed by atoms with van der Waals surface area (Å²) < 4.78 is 4.74. The van der Waals surface area contributed by atoms with Crippen molar-refractivity contribution in [3.8, 4) is 22.3 Å². The lowest BCUT2D eigenvalue weighted by atomic mass is 9.98. The highest BCUT2D eigenvalue weighted by atomic mass is 16.5. The Morgan fingerprint density at radius 2 is 1.46 bits per heavy atom. The summed E-state index contributed by atoms with van der Waals surface area (Å²) in [7, 11) is 1.30. The third kappa shape index (κ3) is 5.71. The Morgan fingerprint density at radius 1 is 0.827 bits per heavy atom.